The molecule has 1 saturated heterocycles. The SMILES string of the molecule is Cc1cccc(NC(=S)NCC2CCCO2)c1C. The molecule has 0 bridgehead atoms. The number of aryl methyl sites for hydroxylation is 1. The Hall–Kier alpha value is -1.13. The first-order valence-electron chi connectivity index (χ1n) is 6.39. The quantitative estimate of drug-likeness (QED) is 0.823. The predicted molar refractivity (Wildman–Crippen MR) is 79.1 cm³/mol. The third kappa shape index (κ3) is 3.43. The van der Waals surface area contributed by atoms with E-state index in [0.717, 1.165) is 31.7 Å². The van der Waals surface area contributed by atoms with Gasteiger partial charge in [0, 0.05) is 18.8 Å². The molecule has 0 aliphatic carbocycles. The first kappa shape index (κ1) is 13.3. The van der Waals surface area contributed by atoms with E-state index in [4.69, 9.17) is 17.0 Å². The van der Waals surface area contributed by atoms with E-state index in [1.807, 2.05) is 12.1 Å². The molecule has 2 rings (SSSR count). The highest BCUT2D eigenvalue weighted by molar-refractivity contribution is 7.80. The minimum atomic E-state index is 0.309. The lowest BCUT2D eigenvalue weighted by Gasteiger charge is -2.15. The molecule has 1 aliphatic rings. The zero-order chi connectivity index (χ0) is 13.0. The van der Waals surface area contributed by atoms with Crippen LogP contribution in [0.4, 0.5) is 5.69 Å². The van der Waals surface area contributed by atoms with Crippen molar-refractivity contribution in [3.05, 3.63) is 29.3 Å². The number of hydrogen-bond donors (Lipinski definition) is 2. The van der Waals surface area contributed by atoms with Gasteiger partial charge in [-0.15, -0.1) is 0 Å². The fraction of sp³-hybridized carbons (Fsp3) is 0.500. The molecule has 1 atom stereocenters. The van der Waals surface area contributed by atoms with Crippen molar-refractivity contribution in [2.45, 2.75) is 32.8 Å². The summed E-state index contributed by atoms with van der Waals surface area (Å²) < 4.78 is 5.55. The summed E-state index contributed by atoms with van der Waals surface area (Å²) >= 11 is 5.30. The molecule has 1 unspecified atom stereocenters. The maximum atomic E-state index is 5.55. The summed E-state index contributed by atoms with van der Waals surface area (Å²) in [5.41, 5.74) is 3.57. The van der Waals surface area contributed by atoms with Crippen molar-refractivity contribution in [1.29, 1.82) is 0 Å². The Kier molecular flexibility index (Phi) is 4.55. The number of ether oxygens (including phenoxy) is 1. The number of thiocarbonyl (C=S) groups is 1. The van der Waals surface area contributed by atoms with Crippen LogP contribution in [-0.2, 0) is 4.74 Å². The Morgan fingerprint density at radius 1 is 1.44 bits per heavy atom. The second-order valence-electron chi connectivity index (χ2n) is 4.72. The maximum Gasteiger partial charge on any atom is 0.170 e. The Morgan fingerprint density at radius 2 is 2.28 bits per heavy atom. The van der Waals surface area contributed by atoms with E-state index in [2.05, 4.69) is 30.5 Å². The highest BCUT2D eigenvalue weighted by atomic mass is 32.1. The number of rotatable bonds is 3. The van der Waals surface area contributed by atoms with Crippen LogP contribution in [0.2, 0.25) is 0 Å². The lowest BCUT2D eigenvalue weighted by Crippen LogP contribution is -2.35. The molecule has 4 heteroatoms. The van der Waals surface area contributed by atoms with Crippen LogP contribution in [0, 0.1) is 13.8 Å². The third-order valence-corrected chi connectivity index (χ3v) is 3.61. The lowest BCUT2D eigenvalue weighted by atomic mass is 10.1. The summed E-state index contributed by atoms with van der Waals surface area (Å²) in [5, 5.41) is 7.12. The van der Waals surface area contributed by atoms with E-state index in [9.17, 15) is 0 Å². The average molecular weight is 264 g/mol. The molecule has 0 aromatic heterocycles. The lowest BCUT2D eigenvalue weighted by molar-refractivity contribution is 0.114. The molecule has 98 valence electrons. The van der Waals surface area contributed by atoms with Crippen LogP contribution in [-0.4, -0.2) is 24.4 Å². The van der Waals surface area contributed by atoms with E-state index >= 15 is 0 Å². The van der Waals surface area contributed by atoms with E-state index in [-0.39, 0.29) is 0 Å². The summed E-state index contributed by atoms with van der Waals surface area (Å²) in [6, 6.07) is 6.18. The van der Waals surface area contributed by atoms with Gasteiger partial charge in [-0.3, -0.25) is 0 Å². The average Bonchev–Trinajstić information content (AvgIpc) is 2.86. The van der Waals surface area contributed by atoms with Crippen LogP contribution in [0.3, 0.4) is 0 Å². The molecule has 3 nitrogen and oxygen atoms in total. The minimum absolute atomic E-state index is 0.309. The third-order valence-electron chi connectivity index (χ3n) is 3.37. The van der Waals surface area contributed by atoms with E-state index in [1.165, 1.54) is 11.1 Å². The van der Waals surface area contributed by atoms with Crippen LogP contribution in [0.15, 0.2) is 18.2 Å². The predicted octanol–water partition coefficient (Wildman–Crippen LogP) is 2.77. The van der Waals surface area contributed by atoms with Gasteiger partial charge in [0.2, 0.25) is 0 Å². The van der Waals surface area contributed by atoms with Gasteiger partial charge in [0.15, 0.2) is 5.11 Å². The molecule has 1 fully saturated rings. The van der Waals surface area contributed by atoms with Gasteiger partial charge in [-0.1, -0.05) is 12.1 Å². The van der Waals surface area contributed by atoms with E-state index < -0.39 is 0 Å². The van der Waals surface area contributed by atoms with Crippen molar-refractivity contribution in [1.82, 2.24) is 5.32 Å². The summed E-state index contributed by atoms with van der Waals surface area (Å²) in [6.45, 7) is 5.87. The Balaban J connectivity index is 1.84. The normalized spacial score (nSPS) is 18.7. The molecule has 1 aromatic carbocycles. The second-order valence-corrected chi connectivity index (χ2v) is 5.13. The minimum Gasteiger partial charge on any atom is -0.376 e. The van der Waals surface area contributed by atoms with Crippen molar-refractivity contribution in [3.63, 3.8) is 0 Å². The molecule has 0 spiro atoms. The summed E-state index contributed by atoms with van der Waals surface area (Å²) in [4.78, 5) is 0. The van der Waals surface area contributed by atoms with Gasteiger partial charge in [-0.05, 0) is 56.1 Å². The number of benzene rings is 1. The highest BCUT2D eigenvalue weighted by Crippen LogP contribution is 2.17. The standard InChI is InChI=1S/C14H20N2OS/c1-10-5-3-7-13(11(10)2)16-14(18)15-9-12-6-4-8-17-12/h3,5,7,12H,4,6,8-9H2,1-2H3,(H2,15,16,18). The van der Waals surface area contributed by atoms with E-state index in [1.54, 1.807) is 0 Å². The summed E-state index contributed by atoms with van der Waals surface area (Å²) in [7, 11) is 0. The summed E-state index contributed by atoms with van der Waals surface area (Å²) in [5.74, 6) is 0. The Bertz CT molecular complexity index is 428. The molecule has 2 N–H and O–H groups in total. The van der Waals surface area contributed by atoms with Crippen LogP contribution in [0.5, 0.6) is 0 Å². The van der Waals surface area contributed by atoms with Crippen molar-refractivity contribution in [2.75, 3.05) is 18.5 Å². The molecule has 18 heavy (non-hydrogen) atoms. The first-order valence-corrected chi connectivity index (χ1v) is 6.80. The van der Waals surface area contributed by atoms with Crippen molar-refractivity contribution >= 4 is 23.0 Å². The molecule has 1 aliphatic heterocycles. The highest BCUT2D eigenvalue weighted by Gasteiger charge is 2.15. The van der Waals surface area contributed by atoms with Gasteiger partial charge in [-0.25, -0.2) is 0 Å². The number of hydrogen-bond acceptors (Lipinski definition) is 2. The molecule has 0 saturated carbocycles. The van der Waals surface area contributed by atoms with E-state index in [0.29, 0.717) is 11.2 Å². The molecule has 1 aromatic rings. The molecule has 0 radical (unpaired) electrons. The second kappa shape index (κ2) is 6.16. The van der Waals surface area contributed by atoms with Gasteiger partial charge in [0.05, 0.1) is 6.10 Å². The van der Waals surface area contributed by atoms with Crippen molar-refractivity contribution in [3.8, 4) is 0 Å². The van der Waals surface area contributed by atoms with Crippen molar-refractivity contribution in [2.24, 2.45) is 0 Å². The Morgan fingerprint density at radius 3 is 3.00 bits per heavy atom. The van der Waals surface area contributed by atoms with Gasteiger partial charge < -0.3 is 15.4 Å². The van der Waals surface area contributed by atoms with Crippen LogP contribution in [0.25, 0.3) is 0 Å². The van der Waals surface area contributed by atoms with Crippen LogP contribution >= 0.6 is 12.2 Å². The van der Waals surface area contributed by atoms with Gasteiger partial charge in [0.25, 0.3) is 0 Å². The smallest absolute Gasteiger partial charge is 0.170 e. The monoisotopic (exact) mass is 264 g/mol. The largest absolute Gasteiger partial charge is 0.376 e. The van der Waals surface area contributed by atoms with Crippen molar-refractivity contribution < 1.29 is 4.74 Å². The van der Waals surface area contributed by atoms with Gasteiger partial charge >= 0.3 is 0 Å². The Labute approximate surface area is 114 Å². The number of anilines is 1. The number of nitrogens with one attached hydrogen (secondary N) is 2. The molecular formula is C14H20N2OS. The van der Waals surface area contributed by atoms with Gasteiger partial charge in [-0.2, -0.15) is 0 Å². The zero-order valence-electron chi connectivity index (χ0n) is 11.0. The molecule has 0 amide bonds. The fourth-order valence-electron chi connectivity index (χ4n) is 2.06. The zero-order valence-corrected chi connectivity index (χ0v) is 11.8. The van der Waals surface area contributed by atoms with Crippen LogP contribution < -0.4 is 10.6 Å². The topological polar surface area (TPSA) is 33.3 Å². The van der Waals surface area contributed by atoms with Crippen LogP contribution in [0.1, 0.15) is 24.0 Å². The molecule has 1 heterocycles. The maximum absolute atomic E-state index is 5.55. The van der Waals surface area contributed by atoms with Gasteiger partial charge in [0.1, 0.15) is 0 Å². The first-order chi connectivity index (χ1) is 8.66. The fourth-order valence-corrected chi connectivity index (χ4v) is 2.26. The molecular weight excluding hydrogens is 244 g/mol. The summed E-state index contributed by atoms with van der Waals surface area (Å²) in [6.07, 6.45) is 2.59.